The number of hydrogen-bond acceptors (Lipinski definition) is 5. The fourth-order valence-corrected chi connectivity index (χ4v) is 6.06. The third-order valence-corrected chi connectivity index (χ3v) is 7.32. The van der Waals surface area contributed by atoms with E-state index in [1.165, 1.54) is 0 Å². The van der Waals surface area contributed by atoms with Crippen molar-refractivity contribution >= 4 is 22.5 Å². The fraction of sp³-hybridized carbons (Fsp3) is 0.484. The van der Waals surface area contributed by atoms with Crippen LogP contribution in [0, 0.1) is 19.3 Å². The zero-order valence-corrected chi connectivity index (χ0v) is 24.1. The number of pyridine rings is 1. The summed E-state index contributed by atoms with van der Waals surface area (Å²) in [7, 11) is 0. The van der Waals surface area contributed by atoms with Crippen molar-refractivity contribution < 1.29 is 9.53 Å². The lowest BCUT2D eigenvalue weighted by Crippen LogP contribution is -2.46. The van der Waals surface area contributed by atoms with Crippen molar-refractivity contribution in [3.63, 3.8) is 0 Å². The van der Waals surface area contributed by atoms with Crippen LogP contribution in [-0.4, -0.2) is 48.8 Å². The van der Waals surface area contributed by atoms with Gasteiger partial charge in [0.15, 0.2) is 5.65 Å². The maximum Gasteiger partial charge on any atom is 0.410 e. The van der Waals surface area contributed by atoms with Crippen molar-refractivity contribution in [2.75, 3.05) is 13.1 Å². The number of benzene rings is 1. The summed E-state index contributed by atoms with van der Waals surface area (Å²) in [6.45, 7) is 15.4. The number of amides is 1. The van der Waals surface area contributed by atoms with Gasteiger partial charge in [0.05, 0.1) is 23.6 Å². The lowest BCUT2D eigenvalue weighted by atomic mass is 9.84. The molecule has 0 aliphatic carbocycles. The van der Waals surface area contributed by atoms with Gasteiger partial charge in [-0.15, -0.1) is 0 Å². The molecular weight excluding hydrogens is 490 g/mol. The molecule has 1 aromatic carbocycles. The molecule has 0 spiro atoms. The monoisotopic (exact) mass is 529 g/mol. The Morgan fingerprint density at radius 1 is 1.10 bits per heavy atom. The first-order valence-corrected chi connectivity index (χ1v) is 13.8. The predicted molar refractivity (Wildman–Crippen MR) is 154 cm³/mol. The van der Waals surface area contributed by atoms with E-state index >= 15 is 0 Å². The van der Waals surface area contributed by atoms with Crippen LogP contribution in [0.1, 0.15) is 71.2 Å². The summed E-state index contributed by atoms with van der Waals surface area (Å²) in [5, 5.41) is 6.26. The molecule has 1 atom stereocenters. The van der Waals surface area contributed by atoms with Gasteiger partial charge in [0, 0.05) is 30.2 Å². The Kier molecular flexibility index (Phi) is 6.77. The molecule has 3 aromatic heterocycles. The number of rotatable bonds is 4. The number of piperidine rings is 1. The van der Waals surface area contributed by atoms with Crippen LogP contribution < -0.4 is 5.56 Å². The molecule has 4 aromatic rings. The zero-order chi connectivity index (χ0) is 28.1. The summed E-state index contributed by atoms with van der Waals surface area (Å²) in [5.74, 6) is 0. The van der Waals surface area contributed by atoms with E-state index in [4.69, 9.17) is 9.84 Å². The molecule has 1 amide bonds. The first-order valence-electron chi connectivity index (χ1n) is 13.8. The largest absolute Gasteiger partial charge is 0.443 e. The van der Waals surface area contributed by atoms with Gasteiger partial charge in [0.2, 0.25) is 0 Å². The zero-order valence-electron chi connectivity index (χ0n) is 24.1. The summed E-state index contributed by atoms with van der Waals surface area (Å²) in [4.78, 5) is 32.9. The van der Waals surface area contributed by atoms with Crippen LogP contribution in [0.25, 0.3) is 27.7 Å². The second-order valence-electron chi connectivity index (χ2n) is 12.8. The quantitative estimate of drug-likeness (QED) is 0.309. The molecule has 0 radical (unpaired) electrons. The Labute approximate surface area is 229 Å². The second kappa shape index (κ2) is 9.81. The number of carbonyl (C=O) groups is 1. The number of hydrogen-bond donors (Lipinski definition) is 0. The van der Waals surface area contributed by atoms with Crippen molar-refractivity contribution in [1.82, 2.24) is 24.1 Å². The van der Waals surface area contributed by atoms with Crippen molar-refractivity contribution in [2.45, 2.75) is 79.4 Å². The molecule has 39 heavy (non-hydrogen) atoms. The van der Waals surface area contributed by atoms with Crippen molar-refractivity contribution in [2.24, 2.45) is 5.41 Å². The molecule has 4 heterocycles. The number of carbonyl (C=O) groups excluding carboxylic acids is 1. The third kappa shape index (κ3) is 5.70. The van der Waals surface area contributed by atoms with Crippen LogP contribution in [0.15, 0.2) is 47.5 Å². The average Bonchev–Trinajstić information content (AvgIpc) is 3.23. The van der Waals surface area contributed by atoms with Crippen molar-refractivity contribution in [3.05, 3.63) is 64.3 Å². The van der Waals surface area contributed by atoms with Gasteiger partial charge in [0.1, 0.15) is 5.60 Å². The SMILES string of the molecule is Cc1cn2nc(-c3ccc4c(=O)n(C5CCCN(C(=O)OC(C)(C)CC(C)(C)C)C5)ccc4c3)cc(C)c2n1. The van der Waals surface area contributed by atoms with Crippen LogP contribution in [0.4, 0.5) is 4.79 Å². The molecule has 8 heteroatoms. The van der Waals surface area contributed by atoms with Gasteiger partial charge in [0.25, 0.3) is 5.56 Å². The standard InChI is InChI=1S/C31H39N5O3/c1-20-15-26(33-36-17-21(2)32-27(20)36)23-10-11-25-22(16-23)12-14-35(28(25)37)24-9-8-13-34(18-24)29(38)39-31(6,7)19-30(3,4)5/h10-12,14-17,24H,8-9,13,18-19H2,1-7H3. The molecule has 1 aliphatic rings. The Hall–Kier alpha value is -3.68. The van der Waals surface area contributed by atoms with E-state index < -0.39 is 5.60 Å². The van der Waals surface area contributed by atoms with E-state index in [0.717, 1.165) is 52.8 Å². The number of fused-ring (bicyclic) bond motifs is 2. The van der Waals surface area contributed by atoms with Gasteiger partial charge in [-0.05, 0) is 87.6 Å². The summed E-state index contributed by atoms with van der Waals surface area (Å²) < 4.78 is 9.51. The molecular formula is C31H39N5O3. The lowest BCUT2D eigenvalue weighted by Gasteiger charge is -2.37. The summed E-state index contributed by atoms with van der Waals surface area (Å²) in [6, 6.07) is 9.77. The van der Waals surface area contributed by atoms with Crippen LogP contribution in [-0.2, 0) is 4.74 Å². The number of aryl methyl sites for hydroxylation is 2. The van der Waals surface area contributed by atoms with Crippen LogP contribution in [0.3, 0.4) is 0 Å². The molecule has 1 saturated heterocycles. The topological polar surface area (TPSA) is 81.7 Å². The van der Waals surface area contributed by atoms with E-state index in [1.807, 2.05) is 74.9 Å². The van der Waals surface area contributed by atoms with Gasteiger partial charge in [-0.2, -0.15) is 5.10 Å². The average molecular weight is 530 g/mol. The molecule has 8 nitrogen and oxygen atoms in total. The maximum atomic E-state index is 13.6. The summed E-state index contributed by atoms with van der Waals surface area (Å²) in [5.41, 5.74) is 4.04. The van der Waals surface area contributed by atoms with Crippen LogP contribution in [0.5, 0.6) is 0 Å². The fourth-order valence-electron chi connectivity index (χ4n) is 6.06. The molecule has 1 aliphatic heterocycles. The van der Waals surface area contributed by atoms with Crippen molar-refractivity contribution in [1.29, 1.82) is 0 Å². The Morgan fingerprint density at radius 2 is 1.87 bits per heavy atom. The third-order valence-electron chi connectivity index (χ3n) is 7.32. The number of aromatic nitrogens is 4. The summed E-state index contributed by atoms with van der Waals surface area (Å²) in [6.07, 6.45) is 5.90. The van der Waals surface area contributed by atoms with E-state index in [9.17, 15) is 9.59 Å². The number of likely N-dealkylation sites (tertiary alicyclic amines) is 1. The minimum Gasteiger partial charge on any atom is -0.443 e. The van der Waals surface area contributed by atoms with Gasteiger partial charge >= 0.3 is 6.09 Å². The second-order valence-corrected chi connectivity index (χ2v) is 12.8. The van der Waals surface area contributed by atoms with Crippen molar-refractivity contribution in [3.8, 4) is 11.3 Å². The number of ether oxygens (including phenoxy) is 1. The first kappa shape index (κ1) is 26.9. The number of nitrogens with zero attached hydrogens (tertiary/aromatic N) is 5. The predicted octanol–water partition coefficient (Wildman–Crippen LogP) is 6.32. The minimum atomic E-state index is -0.561. The first-order chi connectivity index (χ1) is 18.3. The van der Waals surface area contributed by atoms with E-state index in [2.05, 4.69) is 25.8 Å². The van der Waals surface area contributed by atoms with Gasteiger partial charge in [-0.1, -0.05) is 26.8 Å². The minimum absolute atomic E-state index is 0.0443. The van der Waals surface area contributed by atoms with Crippen LogP contribution in [0.2, 0.25) is 0 Å². The van der Waals surface area contributed by atoms with Gasteiger partial charge < -0.3 is 14.2 Å². The lowest BCUT2D eigenvalue weighted by molar-refractivity contribution is -0.0147. The van der Waals surface area contributed by atoms with Gasteiger partial charge in [-0.3, -0.25) is 4.79 Å². The molecule has 1 unspecified atom stereocenters. The highest BCUT2D eigenvalue weighted by molar-refractivity contribution is 5.86. The Bertz CT molecular complexity index is 1610. The smallest absolute Gasteiger partial charge is 0.410 e. The molecule has 5 rings (SSSR count). The molecule has 206 valence electrons. The highest BCUT2D eigenvalue weighted by atomic mass is 16.6. The Balaban J connectivity index is 1.38. The molecule has 0 saturated carbocycles. The molecule has 0 N–H and O–H groups in total. The van der Waals surface area contributed by atoms with Crippen LogP contribution >= 0.6 is 0 Å². The van der Waals surface area contributed by atoms with E-state index in [0.29, 0.717) is 18.5 Å². The van der Waals surface area contributed by atoms with E-state index in [-0.39, 0.29) is 23.1 Å². The molecule has 0 bridgehead atoms. The highest BCUT2D eigenvalue weighted by Gasteiger charge is 2.33. The molecule has 1 fully saturated rings. The highest BCUT2D eigenvalue weighted by Crippen LogP contribution is 2.31. The van der Waals surface area contributed by atoms with E-state index in [1.54, 1.807) is 9.47 Å². The summed E-state index contributed by atoms with van der Waals surface area (Å²) >= 11 is 0. The number of imidazole rings is 1. The van der Waals surface area contributed by atoms with Gasteiger partial charge in [-0.25, -0.2) is 14.3 Å². The normalized spacial score (nSPS) is 16.7. The Morgan fingerprint density at radius 3 is 2.62 bits per heavy atom. The maximum absolute atomic E-state index is 13.6.